The number of halogens is 5. The van der Waals surface area contributed by atoms with Gasteiger partial charge in [0.2, 0.25) is 5.82 Å². The molecular weight excluding hydrogens is 332 g/mol. The summed E-state index contributed by atoms with van der Waals surface area (Å²) in [5.41, 5.74) is 0.669. The van der Waals surface area contributed by atoms with Crippen molar-refractivity contribution in [1.29, 1.82) is 0 Å². The maximum Gasteiger partial charge on any atom is 0.451 e. The molecule has 0 amide bonds. The van der Waals surface area contributed by atoms with Crippen molar-refractivity contribution in [2.45, 2.75) is 6.18 Å². The maximum absolute atomic E-state index is 12.5. The van der Waals surface area contributed by atoms with Crippen LogP contribution in [0.5, 0.6) is 0 Å². The zero-order chi connectivity index (χ0) is 13.3. The lowest BCUT2D eigenvalue weighted by Gasteiger charge is -2.08. The lowest BCUT2D eigenvalue weighted by molar-refractivity contribution is -0.144. The van der Waals surface area contributed by atoms with Gasteiger partial charge >= 0.3 is 6.18 Å². The molecule has 0 aliphatic carbocycles. The molecule has 7 heteroatoms. The van der Waals surface area contributed by atoms with Crippen LogP contribution in [0.1, 0.15) is 5.82 Å². The van der Waals surface area contributed by atoms with Crippen molar-refractivity contribution in [1.82, 2.24) is 9.97 Å². The van der Waals surface area contributed by atoms with Crippen LogP contribution in [0, 0.1) is 0 Å². The summed E-state index contributed by atoms with van der Waals surface area (Å²) in [6.07, 6.45) is -4.62. The highest BCUT2D eigenvalue weighted by Gasteiger charge is 2.35. The lowest BCUT2D eigenvalue weighted by Crippen LogP contribution is -2.11. The van der Waals surface area contributed by atoms with Crippen molar-refractivity contribution in [3.8, 4) is 11.3 Å². The second-order valence-corrected chi connectivity index (χ2v) is 4.71. The van der Waals surface area contributed by atoms with Crippen LogP contribution in [-0.4, -0.2) is 9.97 Å². The predicted octanol–water partition coefficient (Wildman–Crippen LogP) is 4.58. The Balaban J connectivity index is 2.52. The number of aromatic nitrogens is 2. The Morgan fingerprint density at radius 3 is 2.22 bits per heavy atom. The Hall–Kier alpha value is -1.14. The standard InChI is InChI=1S/C11H5BrClF3N2/c12-7-3-1-6(2-4-7)8-5-9(13)18-10(17-8)11(14,15)16/h1-5H. The van der Waals surface area contributed by atoms with Gasteiger partial charge in [-0.1, -0.05) is 39.7 Å². The van der Waals surface area contributed by atoms with Crippen LogP contribution in [0.3, 0.4) is 0 Å². The van der Waals surface area contributed by atoms with Crippen LogP contribution < -0.4 is 0 Å². The number of hydrogen-bond acceptors (Lipinski definition) is 2. The van der Waals surface area contributed by atoms with Gasteiger partial charge in [-0.2, -0.15) is 13.2 Å². The normalized spacial score (nSPS) is 11.6. The number of nitrogens with zero attached hydrogens (tertiary/aromatic N) is 2. The zero-order valence-corrected chi connectivity index (χ0v) is 11.0. The molecule has 0 fully saturated rings. The maximum atomic E-state index is 12.5. The molecule has 1 heterocycles. The average molecular weight is 338 g/mol. The van der Waals surface area contributed by atoms with E-state index in [1.165, 1.54) is 6.07 Å². The Kier molecular flexibility index (Phi) is 3.59. The Morgan fingerprint density at radius 1 is 1.06 bits per heavy atom. The van der Waals surface area contributed by atoms with Crippen molar-refractivity contribution in [3.05, 3.63) is 45.8 Å². The predicted molar refractivity (Wildman–Crippen MR) is 65.2 cm³/mol. The second kappa shape index (κ2) is 4.85. The number of rotatable bonds is 1. The average Bonchev–Trinajstić information content (AvgIpc) is 2.28. The molecule has 2 nitrogen and oxygen atoms in total. The van der Waals surface area contributed by atoms with Crippen LogP contribution in [0.25, 0.3) is 11.3 Å². The zero-order valence-electron chi connectivity index (χ0n) is 8.67. The van der Waals surface area contributed by atoms with Gasteiger partial charge in [0.05, 0.1) is 5.69 Å². The molecule has 2 aromatic rings. The van der Waals surface area contributed by atoms with E-state index in [2.05, 4.69) is 25.9 Å². The molecule has 2 rings (SSSR count). The van der Waals surface area contributed by atoms with Gasteiger partial charge in [-0.05, 0) is 12.1 Å². The van der Waals surface area contributed by atoms with Gasteiger partial charge in [0.25, 0.3) is 0 Å². The smallest absolute Gasteiger partial charge is 0.224 e. The Labute approximate surface area is 114 Å². The SMILES string of the molecule is FC(F)(F)c1nc(Cl)cc(-c2ccc(Br)cc2)n1. The molecule has 0 aliphatic heterocycles. The minimum Gasteiger partial charge on any atom is -0.224 e. The summed E-state index contributed by atoms with van der Waals surface area (Å²) >= 11 is 8.82. The quantitative estimate of drug-likeness (QED) is 0.712. The van der Waals surface area contributed by atoms with E-state index in [0.29, 0.717) is 5.56 Å². The molecule has 1 aromatic carbocycles. The minimum atomic E-state index is -4.62. The molecular formula is C11H5BrClF3N2. The first-order valence-corrected chi connectivity index (χ1v) is 5.91. The van der Waals surface area contributed by atoms with Gasteiger partial charge in [0.1, 0.15) is 5.15 Å². The third kappa shape index (κ3) is 3.00. The summed E-state index contributed by atoms with van der Waals surface area (Å²) in [7, 11) is 0. The van der Waals surface area contributed by atoms with E-state index in [1.54, 1.807) is 24.3 Å². The number of alkyl halides is 3. The first-order valence-electron chi connectivity index (χ1n) is 4.74. The molecule has 0 saturated carbocycles. The molecule has 0 unspecified atom stereocenters. The van der Waals surface area contributed by atoms with E-state index in [4.69, 9.17) is 11.6 Å². The molecule has 0 N–H and O–H groups in total. The number of benzene rings is 1. The van der Waals surface area contributed by atoms with Gasteiger partial charge in [0, 0.05) is 16.1 Å². The van der Waals surface area contributed by atoms with E-state index in [0.717, 1.165) is 4.47 Å². The molecule has 18 heavy (non-hydrogen) atoms. The summed E-state index contributed by atoms with van der Waals surface area (Å²) in [6.45, 7) is 0. The van der Waals surface area contributed by atoms with Crippen LogP contribution >= 0.6 is 27.5 Å². The van der Waals surface area contributed by atoms with Gasteiger partial charge in [0.15, 0.2) is 0 Å². The van der Waals surface area contributed by atoms with Crippen LogP contribution in [0.4, 0.5) is 13.2 Å². The molecule has 0 spiro atoms. The Morgan fingerprint density at radius 2 is 1.67 bits per heavy atom. The first kappa shape index (κ1) is 13.3. The summed E-state index contributed by atoms with van der Waals surface area (Å²) in [5.74, 6) is -1.24. The fraction of sp³-hybridized carbons (Fsp3) is 0.0909. The van der Waals surface area contributed by atoms with Crippen molar-refractivity contribution in [2.24, 2.45) is 0 Å². The van der Waals surface area contributed by atoms with Gasteiger partial charge in [-0.15, -0.1) is 0 Å². The monoisotopic (exact) mass is 336 g/mol. The van der Waals surface area contributed by atoms with Gasteiger partial charge < -0.3 is 0 Å². The second-order valence-electron chi connectivity index (χ2n) is 3.40. The largest absolute Gasteiger partial charge is 0.451 e. The lowest BCUT2D eigenvalue weighted by atomic mass is 10.1. The van der Waals surface area contributed by atoms with E-state index < -0.39 is 12.0 Å². The van der Waals surface area contributed by atoms with Gasteiger partial charge in [-0.25, -0.2) is 9.97 Å². The molecule has 0 saturated heterocycles. The third-order valence-corrected chi connectivity index (χ3v) is 2.81. The highest BCUT2D eigenvalue weighted by atomic mass is 79.9. The minimum absolute atomic E-state index is 0.134. The summed E-state index contributed by atoms with van der Waals surface area (Å²) in [5, 5.41) is -0.241. The highest BCUT2D eigenvalue weighted by molar-refractivity contribution is 9.10. The molecule has 94 valence electrons. The topological polar surface area (TPSA) is 25.8 Å². The van der Waals surface area contributed by atoms with E-state index >= 15 is 0 Å². The number of hydrogen-bond donors (Lipinski definition) is 0. The fourth-order valence-electron chi connectivity index (χ4n) is 1.31. The highest BCUT2D eigenvalue weighted by Crippen LogP contribution is 2.30. The van der Waals surface area contributed by atoms with Crippen LogP contribution in [0.2, 0.25) is 5.15 Å². The molecule has 0 atom stereocenters. The van der Waals surface area contributed by atoms with Crippen molar-refractivity contribution in [3.63, 3.8) is 0 Å². The van der Waals surface area contributed by atoms with Crippen molar-refractivity contribution < 1.29 is 13.2 Å². The Bertz CT molecular complexity index is 569. The van der Waals surface area contributed by atoms with Crippen molar-refractivity contribution >= 4 is 27.5 Å². The van der Waals surface area contributed by atoms with Crippen molar-refractivity contribution in [2.75, 3.05) is 0 Å². The molecule has 0 aliphatic rings. The third-order valence-electron chi connectivity index (χ3n) is 2.09. The summed E-state index contributed by atoms with van der Waals surface area (Å²) in [4.78, 5) is 6.64. The fourth-order valence-corrected chi connectivity index (χ4v) is 1.76. The van der Waals surface area contributed by atoms with E-state index in [9.17, 15) is 13.2 Å². The summed E-state index contributed by atoms with van der Waals surface area (Å²) in [6, 6.07) is 7.99. The summed E-state index contributed by atoms with van der Waals surface area (Å²) < 4.78 is 38.4. The molecule has 0 radical (unpaired) electrons. The van der Waals surface area contributed by atoms with Crippen LogP contribution in [0.15, 0.2) is 34.8 Å². The van der Waals surface area contributed by atoms with Crippen LogP contribution in [-0.2, 0) is 6.18 Å². The first-order chi connectivity index (χ1) is 8.36. The van der Waals surface area contributed by atoms with Gasteiger partial charge in [-0.3, -0.25) is 0 Å². The molecule has 1 aromatic heterocycles. The van der Waals surface area contributed by atoms with E-state index in [-0.39, 0.29) is 10.8 Å². The molecule has 0 bridgehead atoms. The van der Waals surface area contributed by atoms with E-state index in [1.807, 2.05) is 0 Å².